The Labute approximate surface area is 113 Å². The maximum Gasteiger partial charge on any atom is 0.263 e. The molecule has 1 atom stereocenters. The van der Waals surface area contributed by atoms with E-state index in [0.29, 0.717) is 6.54 Å². The summed E-state index contributed by atoms with van der Waals surface area (Å²) in [5.74, 6) is 0.931. The molecule has 3 N–H and O–H groups in total. The van der Waals surface area contributed by atoms with Gasteiger partial charge >= 0.3 is 0 Å². The van der Waals surface area contributed by atoms with Crippen LogP contribution in [0.4, 0.5) is 8.78 Å². The molecule has 1 aliphatic carbocycles. The van der Waals surface area contributed by atoms with Gasteiger partial charge in [-0.25, -0.2) is 8.78 Å². The molecular weight excluding hydrogens is 246 g/mol. The van der Waals surface area contributed by atoms with Gasteiger partial charge in [0, 0.05) is 18.2 Å². The lowest BCUT2D eigenvalue weighted by Crippen LogP contribution is -2.29. The molecule has 4 heteroatoms. The Bertz CT molecular complexity index is 391. The minimum atomic E-state index is -2.42. The molecule has 0 amide bonds. The van der Waals surface area contributed by atoms with Gasteiger partial charge in [0.1, 0.15) is 0 Å². The fourth-order valence-corrected chi connectivity index (χ4v) is 2.32. The van der Waals surface area contributed by atoms with Crippen LogP contribution in [-0.4, -0.2) is 13.1 Å². The number of hydrogen-bond acceptors (Lipinski definition) is 2. The fourth-order valence-electron chi connectivity index (χ4n) is 2.32. The lowest BCUT2D eigenvalue weighted by Gasteiger charge is -2.18. The van der Waals surface area contributed by atoms with Crippen LogP contribution in [0.1, 0.15) is 49.3 Å². The molecule has 0 spiro atoms. The minimum Gasteiger partial charge on any atom is -0.329 e. The summed E-state index contributed by atoms with van der Waals surface area (Å²) in [5, 5.41) is 3.37. The van der Waals surface area contributed by atoms with Crippen molar-refractivity contribution < 1.29 is 8.78 Å². The number of halogens is 2. The molecule has 0 aliphatic heterocycles. The monoisotopic (exact) mass is 268 g/mol. The molecule has 1 fully saturated rings. The Morgan fingerprint density at radius 3 is 2.63 bits per heavy atom. The lowest BCUT2D eigenvalue weighted by molar-refractivity contribution is 0.151. The van der Waals surface area contributed by atoms with Gasteiger partial charge in [0.05, 0.1) is 0 Å². The van der Waals surface area contributed by atoms with Crippen molar-refractivity contribution in [3.05, 3.63) is 35.4 Å². The number of nitrogens with two attached hydrogens (primary N) is 1. The van der Waals surface area contributed by atoms with E-state index in [0.717, 1.165) is 24.4 Å². The van der Waals surface area contributed by atoms with Gasteiger partial charge in [-0.3, -0.25) is 0 Å². The summed E-state index contributed by atoms with van der Waals surface area (Å²) in [4.78, 5) is 0. The molecule has 106 valence electrons. The summed E-state index contributed by atoms with van der Waals surface area (Å²) >= 11 is 0. The van der Waals surface area contributed by atoms with Crippen LogP contribution >= 0.6 is 0 Å². The molecule has 0 saturated heterocycles. The van der Waals surface area contributed by atoms with Crippen molar-refractivity contribution in [1.29, 1.82) is 0 Å². The molecule has 0 heterocycles. The van der Waals surface area contributed by atoms with E-state index in [1.165, 1.54) is 25.3 Å². The number of nitrogens with one attached hydrogen (secondary N) is 1. The molecule has 2 rings (SSSR count). The van der Waals surface area contributed by atoms with Crippen molar-refractivity contribution in [2.75, 3.05) is 13.1 Å². The van der Waals surface area contributed by atoms with Crippen molar-refractivity contribution in [2.45, 2.75) is 38.2 Å². The first-order valence-corrected chi connectivity index (χ1v) is 7.02. The molecule has 2 nitrogen and oxygen atoms in total. The zero-order chi connectivity index (χ0) is 13.7. The normalized spacial score (nSPS) is 16.8. The smallest absolute Gasteiger partial charge is 0.263 e. The Morgan fingerprint density at radius 2 is 2.00 bits per heavy atom. The van der Waals surface area contributed by atoms with Gasteiger partial charge in [-0.15, -0.1) is 0 Å². The highest BCUT2D eigenvalue weighted by Crippen LogP contribution is 2.33. The summed E-state index contributed by atoms with van der Waals surface area (Å²) in [6.07, 6.45) is 2.72. The lowest BCUT2D eigenvalue weighted by atomic mass is 10.0. The van der Waals surface area contributed by atoms with Gasteiger partial charge in [0.15, 0.2) is 0 Å². The Morgan fingerprint density at radius 1 is 1.26 bits per heavy atom. The highest BCUT2D eigenvalue weighted by Gasteiger charge is 2.20. The van der Waals surface area contributed by atoms with E-state index in [2.05, 4.69) is 5.32 Å². The summed E-state index contributed by atoms with van der Waals surface area (Å²) in [5.41, 5.74) is 6.65. The van der Waals surface area contributed by atoms with Crippen LogP contribution in [0.2, 0.25) is 0 Å². The molecule has 19 heavy (non-hydrogen) atoms. The predicted molar refractivity (Wildman–Crippen MR) is 73.2 cm³/mol. The van der Waals surface area contributed by atoms with E-state index in [-0.39, 0.29) is 11.6 Å². The summed E-state index contributed by atoms with van der Waals surface area (Å²) in [6, 6.07) is 6.51. The third kappa shape index (κ3) is 4.55. The molecule has 1 unspecified atom stereocenters. The topological polar surface area (TPSA) is 38.0 Å². The van der Waals surface area contributed by atoms with Crippen molar-refractivity contribution >= 4 is 0 Å². The van der Waals surface area contributed by atoms with Crippen molar-refractivity contribution in [1.82, 2.24) is 5.32 Å². The Hall–Kier alpha value is -1.00. The number of hydrogen-bond donors (Lipinski definition) is 2. The third-order valence-electron chi connectivity index (χ3n) is 3.68. The van der Waals surface area contributed by atoms with Crippen molar-refractivity contribution in [3.8, 4) is 0 Å². The van der Waals surface area contributed by atoms with Crippen LogP contribution in [0.25, 0.3) is 0 Å². The van der Waals surface area contributed by atoms with E-state index in [1.54, 1.807) is 12.1 Å². The summed E-state index contributed by atoms with van der Waals surface area (Å²) in [7, 11) is 0. The molecule has 0 bridgehead atoms. The average molecular weight is 268 g/mol. The first-order chi connectivity index (χ1) is 9.20. The first-order valence-electron chi connectivity index (χ1n) is 7.02. The third-order valence-corrected chi connectivity index (χ3v) is 3.68. The fraction of sp³-hybridized carbons (Fsp3) is 0.600. The Kier molecular flexibility index (Phi) is 5.28. The molecule has 1 aromatic carbocycles. The zero-order valence-corrected chi connectivity index (χ0v) is 11.1. The van der Waals surface area contributed by atoms with Gasteiger partial charge < -0.3 is 11.1 Å². The highest BCUT2D eigenvalue weighted by molar-refractivity contribution is 5.27. The molecule has 1 aromatic rings. The molecule has 0 radical (unpaired) electrons. The maximum atomic E-state index is 12.7. The van der Waals surface area contributed by atoms with E-state index in [9.17, 15) is 8.78 Å². The average Bonchev–Trinajstić information content (AvgIpc) is 3.23. The van der Waals surface area contributed by atoms with Crippen LogP contribution in [0, 0.1) is 5.92 Å². The summed E-state index contributed by atoms with van der Waals surface area (Å²) < 4.78 is 25.3. The quantitative estimate of drug-likeness (QED) is 0.709. The van der Waals surface area contributed by atoms with E-state index < -0.39 is 6.43 Å². The molecule has 1 aliphatic rings. The van der Waals surface area contributed by atoms with Gasteiger partial charge in [0.2, 0.25) is 0 Å². The second-order valence-electron chi connectivity index (χ2n) is 5.30. The largest absolute Gasteiger partial charge is 0.329 e. The number of rotatable bonds is 8. The minimum absolute atomic E-state index is 0.0297. The van der Waals surface area contributed by atoms with Crippen molar-refractivity contribution in [2.24, 2.45) is 11.7 Å². The zero-order valence-electron chi connectivity index (χ0n) is 11.1. The Balaban J connectivity index is 1.86. The van der Waals surface area contributed by atoms with Crippen LogP contribution in [0.15, 0.2) is 24.3 Å². The van der Waals surface area contributed by atoms with Gasteiger partial charge in [-0.05, 0) is 36.9 Å². The van der Waals surface area contributed by atoms with E-state index in [1.807, 2.05) is 6.07 Å². The van der Waals surface area contributed by atoms with Crippen LogP contribution in [-0.2, 0) is 0 Å². The predicted octanol–water partition coefficient (Wildman–Crippen LogP) is 3.40. The highest BCUT2D eigenvalue weighted by atomic mass is 19.3. The van der Waals surface area contributed by atoms with Crippen LogP contribution in [0.3, 0.4) is 0 Å². The SMILES string of the molecule is NCC(NCCCC1CC1)c1cccc(C(F)F)c1. The molecule has 1 saturated carbocycles. The maximum absolute atomic E-state index is 12.7. The van der Waals surface area contributed by atoms with Gasteiger partial charge in [-0.2, -0.15) is 0 Å². The number of alkyl halides is 2. The van der Waals surface area contributed by atoms with Gasteiger partial charge in [0.25, 0.3) is 6.43 Å². The first kappa shape index (κ1) is 14.4. The van der Waals surface area contributed by atoms with Gasteiger partial charge in [-0.1, -0.05) is 31.0 Å². The van der Waals surface area contributed by atoms with E-state index >= 15 is 0 Å². The molecule has 0 aromatic heterocycles. The second kappa shape index (κ2) is 6.96. The van der Waals surface area contributed by atoms with E-state index in [4.69, 9.17) is 5.73 Å². The van der Waals surface area contributed by atoms with Crippen LogP contribution in [0.5, 0.6) is 0 Å². The van der Waals surface area contributed by atoms with Crippen LogP contribution < -0.4 is 11.1 Å². The van der Waals surface area contributed by atoms with Crippen molar-refractivity contribution in [3.63, 3.8) is 0 Å². The second-order valence-corrected chi connectivity index (χ2v) is 5.30. The standard InChI is InChI=1S/C15H22F2N2/c16-15(17)13-5-1-4-12(9-13)14(10-18)19-8-2-3-11-6-7-11/h1,4-5,9,11,14-15,19H,2-3,6-8,10,18H2. The number of benzene rings is 1. The summed E-state index contributed by atoms with van der Waals surface area (Å²) in [6.45, 7) is 1.33. The molecular formula is C15H22F2N2.